The molecule has 5 nitrogen and oxygen atoms in total. The first kappa shape index (κ1) is 14.0. The van der Waals surface area contributed by atoms with Crippen LogP contribution in [0.2, 0.25) is 0 Å². The monoisotopic (exact) mass is 273 g/mol. The molecule has 20 heavy (non-hydrogen) atoms. The number of carbonyl (C=O) groups excluding carboxylic acids is 3. The summed E-state index contributed by atoms with van der Waals surface area (Å²) in [5.41, 5.74) is 1.63. The molecule has 5 heteroatoms. The van der Waals surface area contributed by atoms with Crippen molar-refractivity contribution in [2.24, 2.45) is 0 Å². The van der Waals surface area contributed by atoms with Crippen molar-refractivity contribution in [1.29, 1.82) is 0 Å². The third-order valence-corrected chi connectivity index (χ3v) is 3.13. The van der Waals surface area contributed by atoms with Crippen LogP contribution in [-0.4, -0.2) is 36.3 Å². The third kappa shape index (κ3) is 2.61. The molecule has 1 aromatic carbocycles. The molecular formula is C15H15NO4. The Morgan fingerprint density at radius 2 is 1.75 bits per heavy atom. The van der Waals surface area contributed by atoms with E-state index >= 15 is 0 Å². The summed E-state index contributed by atoms with van der Waals surface area (Å²) in [6.45, 7) is 1.95. The predicted octanol–water partition coefficient (Wildman–Crippen LogP) is 1.79. The van der Waals surface area contributed by atoms with E-state index in [9.17, 15) is 14.4 Å². The number of esters is 1. The van der Waals surface area contributed by atoms with Gasteiger partial charge in [-0.1, -0.05) is 23.8 Å². The van der Waals surface area contributed by atoms with E-state index in [0.29, 0.717) is 11.1 Å². The minimum Gasteiger partial charge on any atom is -0.469 e. The number of fused-ring (bicyclic) bond motifs is 1. The summed E-state index contributed by atoms with van der Waals surface area (Å²) in [7, 11) is 1.32. The van der Waals surface area contributed by atoms with Gasteiger partial charge in [0.25, 0.3) is 11.8 Å². The molecule has 0 saturated carbocycles. The smallest absolute Gasteiger partial charge is 0.309 e. The molecule has 0 saturated heterocycles. The Kier molecular flexibility index (Phi) is 3.98. The molecule has 0 spiro atoms. The van der Waals surface area contributed by atoms with Crippen molar-refractivity contribution in [2.75, 3.05) is 13.7 Å². The van der Waals surface area contributed by atoms with Gasteiger partial charge in [-0.25, -0.2) is 0 Å². The zero-order valence-electron chi connectivity index (χ0n) is 11.4. The van der Waals surface area contributed by atoms with E-state index in [-0.39, 0.29) is 30.7 Å². The summed E-state index contributed by atoms with van der Waals surface area (Å²) in [6.07, 6.45) is 1.79. The van der Waals surface area contributed by atoms with Gasteiger partial charge in [-0.3, -0.25) is 19.3 Å². The number of ether oxygens (including phenoxy) is 1. The first-order valence-electron chi connectivity index (χ1n) is 6.22. The van der Waals surface area contributed by atoms with Crippen LogP contribution in [-0.2, 0) is 9.53 Å². The molecular weight excluding hydrogens is 258 g/mol. The highest BCUT2D eigenvalue weighted by Gasteiger charge is 2.34. The van der Waals surface area contributed by atoms with Crippen molar-refractivity contribution in [3.8, 4) is 0 Å². The van der Waals surface area contributed by atoms with Gasteiger partial charge in [0.15, 0.2) is 0 Å². The number of rotatable bonds is 4. The molecule has 0 unspecified atom stereocenters. The Morgan fingerprint density at radius 1 is 1.20 bits per heavy atom. The number of amides is 2. The van der Waals surface area contributed by atoms with Gasteiger partial charge in [-0.2, -0.15) is 0 Å². The molecule has 0 radical (unpaired) electrons. The highest BCUT2D eigenvalue weighted by atomic mass is 16.5. The summed E-state index contributed by atoms with van der Waals surface area (Å²) in [5.74, 6) is -0.945. The largest absolute Gasteiger partial charge is 0.469 e. The SMILES string of the molecule is COC(=O)C/C=C(\C)CN1C(=O)c2ccccc2C1=O. The van der Waals surface area contributed by atoms with E-state index in [0.717, 1.165) is 5.57 Å². The summed E-state index contributed by atoms with van der Waals surface area (Å²) in [6, 6.07) is 6.74. The fraction of sp³-hybridized carbons (Fsp3) is 0.267. The Morgan fingerprint density at radius 3 is 2.25 bits per heavy atom. The first-order valence-corrected chi connectivity index (χ1v) is 6.22. The van der Waals surface area contributed by atoms with E-state index in [1.54, 1.807) is 37.3 Å². The number of benzene rings is 1. The van der Waals surface area contributed by atoms with Gasteiger partial charge < -0.3 is 4.74 Å². The van der Waals surface area contributed by atoms with Crippen molar-refractivity contribution >= 4 is 17.8 Å². The minimum atomic E-state index is -0.355. The zero-order valence-corrected chi connectivity index (χ0v) is 11.4. The Balaban J connectivity index is 2.11. The van der Waals surface area contributed by atoms with Gasteiger partial charge in [-0.15, -0.1) is 0 Å². The van der Waals surface area contributed by atoms with Crippen LogP contribution in [0.5, 0.6) is 0 Å². The summed E-state index contributed by atoms with van der Waals surface area (Å²) in [4.78, 5) is 36.5. The average Bonchev–Trinajstić information content (AvgIpc) is 2.70. The summed E-state index contributed by atoms with van der Waals surface area (Å²) in [5, 5.41) is 0. The number of methoxy groups -OCH3 is 1. The van der Waals surface area contributed by atoms with Gasteiger partial charge in [-0.05, 0) is 19.1 Å². The fourth-order valence-electron chi connectivity index (χ4n) is 2.04. The van der Waals surface area contributed by atoms with Crippen LogP contribution in [0.1, 0.15) is 34.1 Å². The molecule has 0 aromatic heterocycles. The highest BCUT2D eigenvalue weighted by Crippen LogP contribution is 2.23. The lowest BCUT2D eigenvalue weighted by Gasteiger charge is -2.14. The second kappa shape index (κ2) is 5.69. The normalized spacial score (nSPS) is 14.5. The van der Waals surface area contributed by atoms with Crippen LogP contribution >= 0.6 is 0 Å². The Bertz CT molecular complexity index is 569. The van der Waals surface area contributed by atoms with Gasteiger partial charge in [0, 0.05) is 0 Å². The van der Waals surface area contributed by atoms with E-state index in [1.807, 2.05) is 0 Å². The lowest BCUT2D eigenvalue weighted by molar-refractivity contribution is -0.139. The van der Waals surface area contributed by atoms with Crippen LogP contribution in [0.3, 0.4) is 0 Å². The highest BCUT2D eigenvalue weighted by molar-refractivity contribution is 6.21. The molecule has 2 rings (SSSR count). The Hall–Kier alpha value is -2.43. The molecule has 0 N–H and O–H groups in total. The number of hydrogen-bond donors (Lipinski definition) is 0. The van der Waals surface area contributed by atoms with Crippen molar-refractivity contribution in [3.05, 3.63) is 47.0 Å². The van der Waals surface area contributed by atoms with Crippen molar-refractivity contribution < 1.29 is 19.1 Å². The molecule has 1 heterocycles. The quantitative estimate of drug-likeness (QED) is 0.476. The van der Waals surface area contributed by atoms with E-state index < -0.39 is 0 Å². The van der Waals surface area contributed by atoms with Crippen LogP contribution in [0.25, 0.3) is 0 Å². The van der Waals surface area contributed by atoms with Crippen molar-refractivity contribution in [2.45, 2.75) is 13.3 Å². The van der Waals surface area contributed by atoms with Crippen molar-refractivity contribution in [3.63, 3.8) is 0 Å². The maximum atomic E-state index is 12.1. The van der Waals surface area contributed by atoms with Gasteiger partial charge in [0.1, 0.15) is 0 Å². The van der Waals surface area contributed by atoms with E-state index in [1.165, 1.54) is 12.0 Å². The van der Waals surface area contributed by atoms with Gasteiger partial charge in [0.2, 0.25) is 0 Å². The predicted molar refractivity (Wildman–Crippen MR) is 72.2 cm³/mol. The molecule has 1 aromatic rings. The third-order valence-electron chi connectivity index (χ3n) is 3.13. The Labute approximate surface area is 116 Å². The van der Waals surface area contributed by atoms with Crippen molar-refractivity contribution in [1.82, 2.24) is 4.90 Å². The number of nitrogens with zero attached hydrogens (tertiary/aromatic N) is 1. The van der Waals surface area contributed by atoms with E-state index in [2.05, 4.69) is 4.74 Å². The summed E-state index contributed by atoms with van der Waals surface area (Å²) < 4.78 is 4.53. The van der Waals surface area contributed by atoms with Gasteiger partial charge >= 0.3 is 5.97 Å². The molecule has 2 amide bonds. The second-order valence-electron chi connectivity index (χ2n) is 4.57. The first-order chi connectivity index (χ1) is 9.54. The molecule has 0 atom stereocenters. The maximum absolute atomic E-state index is 12.1. The molecule has 104 valence electrons. The molecule has 1 aliphatic heterocycles. The second-order valence-corrected chi connectivity index (χ2v) is 4.57. The van der Waals surface area contributed by atoms with Crippen LogP contribution in [0.4, 0.5) is 0 Å². The lowest BCUT2D eigenvalue weighted by atomic mass is 10.1. The number of hydrogen-bond acceptors (Lipinski definition) is 4. The topological polar surface area (TPSA) is 63.7 Å². The van der Waals surface area contributed by atoms with Crippen LogP contribution in [0, 0.1) is 0 Å². The van der Waals surface area contributed by atoms with Crippen LogP contribution < -0.4 is 0 Å². The zero-order chi connectivity index (χ0) is 14.7. The molecule has 0 bridgehead atoms. The number of carbonyl (C=O) groups is 3. The average molecular weight is 273 g/mol. The summed E-state index contributed by atoms with van der Waals surface area (Å²) >= 11 is 0. The lowest BCUT2D eigenvalue weighted by Crippen LogP contribution is -2.31. The van der Waals surface area contributed by atoms with Gasteiger partial charge in [0.05, 0.1) is 31.2 Å². The minimum absolute atomic E-state index is 0.130. The standard InChI is InChI=1S/C15H15NO4/c1-10(7-8-13(17)20-2)9-16-14(18)11-5-3-4-6-12(11)15(16)19/h3-7H,8-9H2,1-2H3/b10-7+. The molecule has 1 aliphatic rings. The van der Waals surface area contributed by atoms with Crippen LogP contribution in [0.15, 0.2) is 35.9 Å². The maximum Gasteiger partial charge on any atom is 0.309 e. The molecule has 0 aliphatic carbocycles. The fourth-order valence-corrected chi connectivity index (χ4v) is 2.04. The van der Waals surface area contributed by atoms with E-state index in [4.69, 9.17) is 0 Å². The number of imide groups is 1. The molecule has 0 fully saturated rings.